The van der Waals surface area contributed by atoms with Crippen LogP contribution in [-0.2, 0) is 10.8 Å². The summed E-state index contributed by atoms with van der Waals surface area (Å²) in [4.78, 5) is 3.91. The molecule has 14 aromatic carbocycles. The maximum Gasteiger partial charge on any atom is 0.147 e. The summed E-state index contributed by atoms with van der Waals surface area (Å²) in [6.45, 7) is 11.5. The van der Waals surface area contributed by atoms with Crippen LogP contribution in [0, 0.1) is 37.1 Å². The number of hydrogen-bond donors (Lipinski definition) is 0. The van der Waals surface area contributed by atoms with Crippen LogP contribution in [0.15, 0.2) is 329 Å². The predicted octanol–water partition coefficient (Wildman–Crippen LogP) is 25.1. The van der Waals surface area contributed by atoms with Crippen LogP contribution < -0.4 is 19.3 Å². The number of halogens is 4. The molecule has 2 aliphatic carbocycles. The quantitative estimate of drug-likeness (QED) is 0.0849. The highest BCUT2D eigenvalue weighted by atomic mass is 19.1. The standard InChI is InChI=1S/C92H64F4N2O2/c1-5-61-17-43-75(44-18-61)99-77-47-29-67(30-48-77)91(65-25-33-69(93)34-26-65)83-13-9-7-11-79(83)81-51-41-73(57-85(81)91)97(89-53-15-59(3)55-87(89)95)71-37-21-63(22-38-71)64-23-39-72(40-24-64)98(90-54-16-60(4)56-88(90)96)74-42-52-82-80-12-8-10-14-84(80)92(86(82)58-74,66-27-35-70(94)36-28-66)68-31-49-78(50-32-68)100-76-45-19-62(6-2)20-46-76/h5-58H,1-2H2,3-4H3. The van der Waals surface area contributed by atoms with E-state index in [2.05, 4.69) is 86.0 Å². The van der Waals surface area contributed by atoms with Gasteiger partial charge in [0.1, 0.15) is 46.3 Å². The van der Waals surface area contributed by atoms with Crippen LogP contribution in [0.4, 0.5) is 51.7 Å². The molecule has 0 saturated carbocycles. The second kappa shape index (κ2) is 25.5. The third-order valence-corrected chi connectivity index (χ3v) is 19.7. The van der Waals surface area contributed by atoms with Crippen molar-refractivity contribution in [3.63, 3.8) is 0 Å². The molecule has 0 bridgehead atoms. The highest BCUT2D eigenvalue weighted by Gasteiger charge is 2.48. The summed E-state index contributed by atoms with van der Waals surface area (Å²) in [6.07, 6.45) is 3.58. The summed E-state index contributed by atoms with van der Waals surface area (Å²) < 4.78 is 76.8. The van der Waals surface area contributed by atoms with E-state index in [4.69, 9.17) is 9.47 Å². The molecule has 0 aromatic heterocycles. The third kappa shape index (κ3) is 10.8. The zero-order valence-electron chi connectivity index (χ0n) is 54.8. The fourth-order valence-corrected chi connectivity index (χ4v) is 15.0. The van der Waals surface area contributed by atoms with Gasteiger partial charge in [0, 0.05) is 22.7 Å². The van der Waals surface area contributed by atoms with Crippen molar-refractivity contribution in [2.45, 2.75) is 24.7 Å². The molecule has 0 fully saturated rings. The minimum absolute atomic E-state index is 0.350. The van der Waals surface area contributed by atoms with E-state index < -0.39 is 22.5 Å². The summed E-state index contributed by atoms with van der Waals surface area (Å²) in [5.41, 5.74) is 18.6. The molecule has 0 spiro atoms. The molecule has 482 valence electrons. The van der Waals surface area contributed by atoms with E-state index >= 15 is 17.6 Å². The number of ether oxygens (including phenoxy) is 2. The summed E-state index contributed by atoms with van der Waals surface area (Å²) in [6, 6.07) is 101. The third-order valence-electron chi connectivity index (χ3n) is 19.7. The van der Waals surface area contributed by atoms with E-state index in [0.717, 1.165) is 100 Å². The van der Waals surface area contributed by atoms with E-state index in [1.165, 1.54) is 24.3 Å². The molecule has 0 N–H and O–H groups in total. The van der Waals surface area contributed by atoms with Crippen LogP contribution in [0.3, 0.4) is 0 Å². The minimum atomic E-state index is -0.946. The Balaban J connectivity index is 0.776. The average molecular weight is 1310 g/mol. The molecule has 8 heteroatoms. The first-order valence-corrected chi connectivity index (χ1v) is 33.2. The molecular formula is C92H64F4N2O2. The van der Waals surface area contributed by atoms with Gasteiger partial charge in [0.05, 0.1) is 22.2 Å². The lowest BCUT2D eigenvalue weighted by atomic mass is 9.67. The van der Waals surface area contributed by atoms with Crippen LogP contribution in [0.1, 0.15) is 66.8 Å². The Kier molecular flexibility index (Phi) is 15.9. The molecule has 4 nitrogen and oxygen atoms in total. The van der Waals surface area contributed by atoms with Gasteiger partial charge in [0.15, 0.2) is 0 Å². The van der Waals surface area contributed by atoms with Gasteiger partial charge >= 0.3 is 0 Å². The SMILES string of the molecule is C=Cc1ccc(Oc2ccc(C3(c4ccc(F)cc4)c4ccccc4-c4ccc(N(c5ccc(-c6ccc(N(c7ccc8c(c7)C(c7ccc(F)cc7)(c7ccc(Oc9ccc(C=C)cc9)cc7)c7ccccc7-8)c7ccc(C)cc7F)cc6)cc5)c5ccc(C)cc5F)cc43)cc2)cc1. The first-order chi connectivity index (χ1) is 48.9. The van der Waals surface area contributed by atoms with Crippen molar-refractivity contribution >= 4 is 46.3 Å². The maximum absolute atomic E-state index is 16.9. The summed E-state index contributed by atoms with van der Waals surface area (Å²) in [5.74, 6) is 1.19. The molecular weight excluding hydrogens is 1240 g/mol. The molecule has 0 saturated heterocycles. The lowest BCUT2D eigenvalue weighted by Crippen LogP contribution is -2.29. The fourth-order valence-electron chi connectivity index (χ4n) is 15.0. The molecule has 16 rings (SSSR count). The summed E-state index contributed by atoms with van der Waals surface area (Å²) >= 11 is 0. The van der Waals surface area contributed by atoms with Gasteiger partial charge in [-0.1, -0.05) is 195 Å². The van der Waals surface area contributed by atoms with E-state index in [1.54, 1.807) is 24.3 Å². The van der Waals surface area contributed by atoms with Crippen molar-refractivity contribution in [2.75, 3.05) is 9.80 Å². The zero-order chi connectivity index (χ0) is 68.2. The Labute approximate surface area is 579 Å². The Morgan fingerprint density at radius 3 is 0.950 bits per heavy atom. The van der Waals surface area contributed by atoms with Crippen LogP contribution in [-0.4, -0.2) is 0 Å². The summed E-state index contributed by atoms with van der Waals surface area (Å²) in [5, 5.41) is 0. The molecule has 100 heavy (non-hydrogen) atoms. The van der Waals surface area contributed by atoms with E-state index in [-0.39, 0.29) is 11.6 Å². The number of hydrogen-bond acceptors (Lipinski definition) is 4. The van der Waals surface area contributed by atoms with E-state index in [1.807, 2.05) is 230 Å². The Bertz CT molecular complexity index is 5100. The van der Waals surface area contributed by atoms with Gasteiger partial charge in [-0.05, 0) is 260 Å². The van der Waals surface area contributed by atoms with Crippen molar-refractivity contribution in [3.8, 4) is 56.4 Å². The highest BCUT2D eigenvalue weighted by Crippen LogP contribution is 2.60. The van der Waals surface area contributed by atoms with Gasteiger partial charge < -0.3 is 19.3 Å². The number of aryl methyl sites for hydroxylation is 2. The van der Waals surface area contributed by atoms with Crippen LogP contribution in [0.5, 0.6) is 23.0 Å². The van der Waals surface area contributed by atoms with Gasteiger partial charge in [-0.2, -0.15) is 0 Å². The lowest BCUT2D eigenvalue weighted by Gasteiger charge is -2.35. The molecule has 0 radical (unpaired) electrons. The van der Waals surface area contributed by atoms with Gasteiger partial charge in [-0.3, -0.25) is 0 Å². The second-order valence-corrected chi connectivity index (χ2v) is 25.5. The lowest BCUT2D eigenvalue weighted by molar-refractivity contribution is 0.482. The maximum atomic E-state index is 16.9. The van der Waals surface area contributed by atoms with Crippen LogP contribution in [0.25, 0.3) is 45.5 Å². The zero-order valence-corrected chi connectivity index (χ0v) is 54.8. The fraction of sp³-hybridized carbons (Fsp3) is 0.0435. The van der Waals surface area contributed by atoms with Gasteiger partial charge in [-0.15, -0.1) is 0 Å². The van der Waals surface area contributed by atoms with Gasteiger partial charge in [0.2, 0.25) is 0 Å². The molecule has 0 heterocycles. The molecule has 0 amide bonds. The Hall–Kier alpha value is -12.5. The largest absolute Gasteiger partial charge is 0.457 e. The first kappa shape index (κ1) is 62.3. The van der Waals surface area contributed by atoms with Crippen molar-refractivity contribution in [1.82, 2.24) is 0 Å². The van der Waals surface area contributed by atoms with E-state index in [9.17, 15) is 0 Å². The van der Waals surface area contributed by atoms with Gasteiger partial charge in [-0.25, -0.2) is 17.6 Å². The highest BCUT2D eigenvalue weighted by molar-refractivity contribution is 5.92. The van der Waals surface area contributed by atoms with Crippen molar-refractivity contribution < 1.29 is 27.0 Å². The van der Waals surface area contributed by atoms with E-state index in [0.29, 0.717) is 57.1 Å². The van der Waals surface area contributed by atoms with Crippen molar-refractivity contribution in [1.29, 1.82) is 0 Å². The molecule has 2 aliphatic rings. The average Bonchev–Trinajstić information content (AvgIpc) is 1.54. The Morgan fingerprint density at radius 2 is 0.610 bits per heavy atom. The topological polar surface area (TPSA) is 24.9 Å². The smallest absolute Gasteiger partial charge is 0.147 e. The van der Waals surface area contributed by atoms with Gasteiger partial charge in [0.25, 0.3) is 0 Å². The number of nitrogens with zero attached hydrogens (tertiary/aromatic N) is 2. The van der Waals surface area contributed by atoms with Crippen molar-refractivity contribution in [3.05, 3.63) is 419 Å². The van der Waals surface area contributed by atoms with Crippen LogP contribution >= 0.6 is 0 Å². The normalized spacial score (nSPS) is 14.7. The Morgan fingerprint density at radius 1 is 0.300 bits per heavy atom. The number of fused-ring (bicyclic) bond motifs is 6. The van der Waals surface area contributed by atoms with Crippen LogP contribution in [0.2, 0.25) is 0 Å². The van der Waals surface area contributed by atoms with Crippen molar-refractivity contribution in [2.24, 2.45) is 0 Å². The number of benzene rings is 14. The monoisotopic (exact) mass is 1300 g/mol. The molecule has 0 aliphatic heterocycles. The minimum Gasteiger partial charge on any atom is -0.457 e. The predicted molar refractivity (Wildman–Crippen MR) is 398 cm³/mol. The number of anilines is 6. The second-order valence-electron chi connectivity index (χ2n) is 25.5. The first-order valence-electron chi connectivity index (χ1n) is 33.2. The molecule has 2 atom stereocenters. The molecule has 2 unspecified atom stereocenters. The number of rotatable bonds is 17. The molecule has 14 aromatic rings. The summed E-state index contributed by atoms with van der Waals surface area (Å²) in [7, 11) is 0.